The number of amides is 1. The summed E-state index contributed by atoms with van der Waals surface area (Å²) in [4.78, 5) is 22.3. The van der Waals surface area contributed by atoms with Gasteiger partial charge in [0.05, 0.1) is 0 Å². The molecule has 0 aromatic heterocycles. The number of hydrogen-bond acceptors (Lipinski definition) is 2. The zero-order valence-corrected chi connectivity index (χ0v) is 11.1. The van der Waals surface area contributed by atoms with Gasteiger partial charge in [-0.2, -0.15) is 0 Å². The van der Waals surface area contributed by atoms with Crippen LogP contribution in [0.4, 0.5) is 0 Å². The number of aryl methyl sites for hydroxylation is 1. The number of nitrogens with one attached hydrogen (secondary N) is 1. The van der Waals surface area contributed by atoms with E-state index in [-0.39, 0.29) is 18.4 Å². The second kappa shape index (κ2) is 6.40. The molecule has 0 spiro atoms. The van der Waals surface area contributed by atoms with Crippen LogP contribution >= 0.6 is 11.6 Å². The lowest BCUT2D eigenvalue weighted by Gasteiger charge is -2.13. The minimum absolute atomic E-state index is 0.0428. The summed E-state index contributed by atoms with van der Waals surface area (Å²) in [6.07, 6.45) is 0.453. The number of aliphatic carboxylic acids is 1. The van der Waals surface area contributed by atoms with Crippen molar-refractivity contribution in [2.45, 2.75) is 32.7 Å². The molecule has 0 aliphatic heterocycles. The van der Waals surface area contributed by atoms with Gasteiger partial charge in [-0.3, -0.25) is 9.59 Å². The molecule has 0 aliphatic rings. The fourth-order valence-electron chi connectivity index (χ4n) is 1.51. The SMILES string of the molecule is Cc1cc(C(=O)NC(C)CCC(=O)O)ccc1Cl. The van der Waals surface area contributed by atoms with E-state index in [0.29, 0.717) is 17.0 Å². The van der Waals surface area contributed by atoms with Gasteiger partial charge in [0.1, 0.15) is 0 Å². The van der Waals surface area contributed by atoms with Crippen molar-refractivity contribution in [1.29, 1.82) is 0 Å². The zero-order chi connectivity index (χ0) is 13.7. The van der Waals surface area contributed by atoms with Crippen molar-refractivity contribution >= 4 is 23.5 Å². The number of halogens is 1. The van der Waals surface area contributed by atoms with Crippen LogP contribution in [0.5, 0.6) is 0 Å². The lowest BCUT2D eigenvalue weighted by Crippen LogP contribution is -2.32. The third-order valence-corrected chi connectivity index (χ3v) is 3.01. The van der Waals surface area contributed by atoms with E-state index in [0.717, 1.165) is 5.56 Å². The van der Waals surface area contributed by atoms with Gasteiger partial charge in [-0.15, -0.1) is 0 Å². The normalized spacial score (nSPS) is 11.9. The summed E-state index contributed by atoms with van der Waals surface area (Å²) in [5.41, 5.74) is 1.36. The van der Waals surface area contributed by atoms with Crippen LogP contribution < -0.4 is 5.32 Å². The third-order valence-electron chi connectivity index (χ3n) is 2.59. The molecule has 0 fully saturated rings. The van der Waals surface area contributed by atoms with Crippen LogP contribution in [0, 0.1) is 6.92 Å². The average Bonchev–Trinajstić information content (AvgIpc) is 2.30. The molecule has 1 aromatic rings. The van der Waals surface area contributed by atoms with Crippen molar-refractivity contribution in [3.63, 3.8) is 0 Å². The fourth-order valence-corrected chi connectivity index (χ4v) is 1.62. The monoisotopic (exact) mass is 269 g/mol. The van der Waals surface area contributed by atoms with Crippen LogP contribution in [-0.4, -0.2) is 23.0 Å². The number of carboxylic acid groups (broad SMARTS) is 1. The highest BCUT2D eigenvalue weighted by molar-refractivity contribution is 6.31. The van der Waals surface area contributed by atoms with Crippen LogP contribution in [0.2, 0.25) is 5.02 Å². The Kier molecular flexibility index (Phi) is 5.16. The van der Waals surface area contributed by atoms with Gasteiger partial charge in [0, 0.05) is 23.0 Å². The molecule has 98 valence electrons. The van der Waals surface area contributed by atoms with Gasteiger partial charge in [0.2, 0.25) is 0 Å². The van der Waals surface area contributed by atoms with Crippen LogP contribution in [0.25, 0.3) is 0 Å². The Morgan fingerprint density at radius 3 is 2.67 bits per heavy atom. The van der Waals surface area contributed by atoms with Crippen molar-refractivity contribution in [2.24, 2.45) is 0 Å². The number of carbonyl (C=O) groups excluding carboxylic acids is 1. The quantitative estimate of drug-likeness (QED) is 0.863. The van der Waals surface area contributed by atoms with Crippen LogP contribution in [0.15, 0.2) is 18.2 Å². The predicted octanol–water partition coefficient (Wildman–Crippen LogP) is 2.63. The standard InChI is InChI=1S/C13H16ClNO3/c1-8-7-10(4-5-11(8)14)13(18)15-9(2)3-6-12(16)17/h4-5,7,9H,3,6H2,1-2H3,(H,15,18)(H,16,17). The maximum Gasteiger partial charge on any atom is 0.303 e. The average molecular weight is 270 g/mol. The van der Waals surface area contributed by atoms with Gasteiger partial charge in [-0.1, -0.05) is 11.6 Å². The molecule has 2 N–H and O–H groups in total. The number of carboxylic acids is 1. The Hall–Kier alpha value is -1.55. The van der Waals surface area contributed by atoms with Crippen LogP contribution in [0.1, 0.15) is 35.7 Å². The number of carbonyl (C=O) groups is 2. The predicted molar refractivity (Wildman–Crippen MR) is 70.0 cm³/mol. The molecule has 5 heteroatoms. The molecule has 1 amide bonds. The highest BCUT2D eigenvalue weighted by atomic mass is 35.5. The van der Waals surface area contributed by atoms with Gasteiger partial charge in [0.25, 0.3) is 5.91 Å². The first-order chi connectivity index (χ1) is 8.40. The maximum absolute atomic E-state index is 11.9. The number of hydrogen-bond donors (Lipinski definition) is 2. The number of benzene rings is 1. The Morgan fingerprint density at radius 2 is 2.11 bits per heavy atom. The van der Waals surface area contributed by atoms with E-state index < -0.39 is 5.97 Å². The summed E-state index contributed by atoms with van der Waals surface area (Å²) >= 11 is 5.88. The molecule has 1 rings (SSSR count). The summed E-state index contributed by atoms with van der Waals surface area (Å²) in [7, 11) is 0. The molecule has 0 bridgehead atoms. The maximum atomic E-state index is 11.9. The summed E-state index contributed by atoms with van der Waals surface area (Å²) < 4.78 is 0. The van der Waals surface area contributed by atoms with Crippen molar-refractivity contribution in [2.75, 3.05) is 0 Å². The molecule has 18 heavy (non-hydrogen) atoms. The topological polar surface area (TPSA) is 66.4 Å². The molecular formula is C13H16ClNO3. The van der Waals surface area contributed by atoms with Crippen molar-refractivity contribution in [3.8, 4) is 0 Å². The van der Waals surface area contributed by atoms with Crippen molar-refractivity contribution in [1.82, 2.24) is 5.32 Å². The second-order valence-corrected chi connectivity index (χ2v) is 4.68. The summed E-state index contributed by atoms with van der Waals surface area (Å²) in [6.45, 7) is 3.61. The van der Waals surface area contributed by atoms with E-state index in [1.165, 1.54) is 0 Å². The Morgan fingerprint density at radius 1 is 1.44 bits per heavy atom. The van der Waals surface area contributed by atoms with Gasteiger partial charge in [-0.25, -0.2) is 0 Å². The Bertz CT molecular complexity index is 460. The first kappa shape index (κ1) is 14.5. The van der Waals surface area contributed by atoms with E-state index in [1.54, 1.807) is 25.1 Å². The molecule has 0 radical (unpaired) electrons. The number of rotatable bonds is 5. The van der Waals surface area contributed by atoms with Crippen molar-refractivity contribution in [3.05, 3.63) is 34.3 Å². The summed E-state index contributed by atoms with van der Waals surface area (Å²) in [5.74, 6) is -1.08. The zero-order valence-electron chi connectivity index (χ0n) is 10.4. The molecule has 1 aromatic carbocycles. The van der Waals surface area contributed by atoms with Gasteiger partial charge in [-0.05, 0) is 44.0 Å². The van der Waals surface area contributed by atoms with Crippen LogP contribution in [-0.2, 0) is 4.79 Å². The smallest absolute Gasteiger partial charge is 0.303 e. The first-order valence-electron chi connectivity index (χ1n) is 5.69. The molecule has 0 aliphatic carbocycles. The highest BCUT2D eigenvalue weighted by Gasteiger charge is 2.11. The lowest BCUT2D eigenvalue weighted by molar-refractivity contribution is -0.137. The highest BCUT2D eigenvalue weighted by Crippen LogP contribution is 2.16. The molecule has 0 saturated carbocycles. The Balaban J connectivity index is 2.59. The van der Waals surface area contributed by atoms with E-state index in [2.05, 4.69) is 5.32 Å². The van der Waals surface area contributed by atoms with E-state index in [9.17, 15) is 9.59 Å². The molecule has 1 unspecified atom stereocenters. The van der Waals surface area contributed by atoms with E-state index in [1.807, 2.05) is 6.92 Å². The molecule has 4 nitrogen and oxygen atoms in total. The molecular weight excluding hydrogens is 254 g/mol. The van der Waals surface area contributed by atoms with Gasteiger partial charge < -0.3 is 10.4 Å². The Labute approximate surface area is 111 Å². The first-order valence-corrected chi connectivity index (χ1v) is 6.06. The molecule has 0 heterocycles. The van der Waals surface area contributed by atoms with Gasteiger partial charge in [0.15, 0.2) is 0 Å². The van der Waals surface area contributed by atoms with Crippen LogP contribution in [0.3, 0.4) is 0 Å². The second-order valence-electron chi connectivity index (χ2n) is 4.27. The fraction of sp³-hybridized carbons (Fsp3) is 0.385. The third kappa shape index (κ3) is 4.37. The minimum atomic E-state index is -0.863. The summed E-state index contributed by atoms with van der Waals surface area (Å²) in [5, 5.41) is 11.9. The largest absolute Gasteiger partial charge is 0.481 e. The van der Waals surface area contributed by atoms with E-state index >= 15 is 0 Å². The molecule has 0 saturated heterocycles. The van der Waals surface area contributed by atoms with Gasteiger partial charge >= 0.3 is 5.97 Å². The summed E-state index contributed by atoms with van der Waals surface area (Å²) in [6, 6.07) is 4.86. The minimum Gasteiger partial charge on any atom is -0.481 e. The van der Waals surface area contributed by atoms with Crippen molar-refractivity contribution < 1.29 is 14.7 Å². The molecule has 1 atom stereocenters. The van der Waals surface area contributed by atoms with E-state index in [4.69, 9.17) is 16.7 Å². The lowest BCUT2D eigenvalue weighted by atomic mass is 10.1.